The molecule has 2 aliphatic rings. The van der Waals surface area contributed by atoms with Crippen LogP contribution >= 0.6 is 23.2 Å². The number of benzene rings is 1. The number of likely N-dealkylation sites (tertiary alicyclic amines) is 1. The maximum absolute atomic E-state index is 13.5. The Hall–Kier alpha value is -1.63. The zero-order valence-electron chi connectivity index (χ0n) is 17.1. The lowest BCUT2D eigenvalue weighted by atomic mass is 9.89. The largest absolute Gasteiger partial charge is 0.368 e. The summed E-state index contributed by atoms with van der Waals surface area (Å²) in [6, 6.07) is 7.21. The van der Waals surface area contributed by atoms with E-state index in [-0.39, 0.29) is 27.5 Å². The maximum Gasteiger partial charge on any atom is 0.287 e. The third-order valence-corrected chi connectivity index (χ3v) is 7.20. The molecule has 2 fully saturated rings. The normalized spacial score (nSPS) is 24.9. The molecule has 0 amide bonds. The first-order chi connectivity index (χ1) is 14.4. The first kappa shape index (κ1) is 21.6. The molecule has 4 rings (SSSR count). The van der Waals surface area contributed by atoms with Crippen LogP contribution in [0.2, 0.25) is 10.0 Å². The quantitative estimate of drug-likeness (QED) is 0.662. The monoisotopic (exact) mass is 452 g/mol. The zero-order chi connectivity index (χ0) is 21.3. The van der Waals surface area contributed by atoms with E-state index in [9.17, 15) is 9.18 Å². The number of halogens is 3. The van der Waals surface area contributed by atoms with Gasteiger partial charge in [0.05, 0.1) is 17.3 Å². The molecule has 2 aromatic rings. The Morgan fingerprint density at radius 2 is 1.83 bits per heavy atom. The highest BCUT2D eigenvalue weighted by Crippen LogP contribution is 2.34. The van der Waals surface area contributed by atoms with Crippen LogP contribution in [-0.4, -0.2) is 47.4 Å². The van der Waals surface area contributed by atoms with Gasteiger partial charge in [0, 0.05) is 24.8 Å². The van der Waals surface area contributed by atoms with Gasteiger partial charge in [-0.2, -0.15) is 5.10 Å². The third kappa shape index (κ3) is 4.66. The van der Waals surface area contributed by atoms with E-state index in [0.29, 0.717) is 12.0 Å². The molecule has 0 bridgehead atoms. The fourth-order valence-electron chi connectivity index (χ4n) is 4.85. The van der Waals surface area contributed by atoms with E-state index in [0.717, 1.165) is 51.0 Å². The van der Waals surface area contributed by atoms with Gasteiger partial charge >= 0.3 is 0 Å². The maximum atomic E-state index is 13.5. The molecule has 1 aliphatic heterocycles. The minimum Gasteiger partial charge on any atom is -0.368 e. The van der Waals surface area contributed by atoms with Crippen LogP contribution in [0.5, 0.6) is 0 Å². The summed E-state index contributed by atoms with van der Waals surface area (Å²) >= 11 is 11.9. The molecule has 1 aromatic heterocycles. The molecule has 0 radical (unpaired) electrons. The van der Waals surface area contributed by atoms with Crippen molar-refractivity contribution in [1.29, 1.82) is 0 Å². The number of anilines is 1. The average Bonchev–Trinajstić information content (AvgIpc) is 3.16. The molecule has 8 heteroatoms. The summed E-state index contributed by atoms with van der Waals surface area (Å²) in [5, 5.41) is 4.44. The first-order valence-corrected chi connectivity index (χ1v) is 11.3. The Bertz CT molecular complexity index is 928. The smallest absolute Gasteiger partial charge is 0.287 e. The number of nitrogens with zero attached hydrogens (tertiary/aromatic N) is 4. The van der Waals surface area contributed by atoms with Crippen molar-refractivity contribution in [3.05, 3.63) is 56.7 Å². The van der Waals surface area contributed by atoms with Crippen LogP contribution in [0.15, 0.2) is 35.3 Å². The molecule has 0 N–H and O–H groups in total. The van der Waals surface area contributed by atoms with Gasteiger partial charge in [-0.05, 0) is 75.9 Å². The van der Waals surface area contributed by atoms with Crippen molar-refractivity contribution in [3.8, 4) is 0 Å². The molecule has 2 heterocycles. The highest BCUT2D eigenvalue weighted by molar-refractivity contribution is 6.41. The van der Waals surface area contributed by atoms with Crippen LogP contribution in [-0.2, 0) is 0 Å². The molecule has 5 nitrogen and oxygen atoms in total. The Morgan fingerprint density at radius 1 is 1.13 bits per heavy atom. The predicted molar refractivity (Wildman–Crippen MR) is 119 cm³/mol. The van der Waals surface area contributed by atoms with Crippen molar-refractivity contribution in [2.75, 3.05) is 31.6 Å². The topological polar surface area (TPSA) is 41.4 Å². The minimum absolute atomic E-state index is 0.0243. The summed E-state index contributed by atoms with van der Waals surface area (Å²) < 4.78 is 15.0. The number of aromatic nitrogens is 2. The molecule has 1 saturated heterocycles. The van der Waals surface area contributed by atoms with Crippen LogP contribution in [0.25, 0.3) is 0 Å². The van der Waals surface area contributed by atoms with E-state index in [1.165, 1.54) is 29.4 Å². The van der Waals surface area contributed by atoms with Crippen LogP contribution < -0.4 is 10.5 Å². The van der Waals surface area contributed by atoms with E-state index < -0.39 is 0 Å². The molecule has 1 unspecified atom stereocenters. The standard InChI is InChI=1S/C22H27Cl2FN4O/c1-27-11-10-15(13-27)14-28(17-4-2-16(25)3-5-17)18-6-8-19(9-7-18)29-22(30)21(24)20(23)12-26-29/h2-5,12,15,18-19H,6-11,13-14H2,1H3. The van der Waals surface area contributed by atoms with Gasteiger partial charge in [0.25, 0.3) is 5.56 Å². The second-order valence-corrected chi connectivity index (χ2v) is 9.35. The molecule has 1 aliphatic carbocycles. The lowest BCUT2D eigenvalue weighted by Gasteiger charge is -2.40. The zero-order valence-corrected chi connectivity index (χ0v) is 18.6. The Labute approximate surface area is 186 Å². The van der Waals surface area contributed by atoms with Gasteiger partial charge in [0.2, 0.25) is 0 Å². The highest BCUT2D eigenvalue weighted by Gasteiger charge is 2.31. The van der Waals surface area contributed by atoms with Crippen LogP contribution in [0.1, 0.15) is 38.1 Å². The number of rotatable bonds is 5. The molecule has 1 atom stereocenters. The lowest BCUT2D eigenvalue weighted by Crippen LogP contribution is -2.43. The van der Waals surface area contributed by atoms with E-state index in [1.54, 1.807) is 0 Å². The van der Waals surface area contributed by atoms with Crippen molar-refractivity contribution in [2.24, 2.45) is 5.92 Å². The van der Waals surface area contributed by atoms with E-state index in [1.807, 2.05) is 12.1 Å². The summed E-state index contributed by atoms with van der Waals surface area (Å²) in [6.45, 7) is 3.19. The molecule has 1 aromatic carbocycles. The van der Waals surface area contributed by atoms with Gasteiger partial charge in [0.1, 0.15) is 10.8 Å². The SMILES string of the molecule is CN1CCC(CN(c2ccc(F)cc2)C2CCC(n3ncc(Cl)c(Cl)c3=O)CC2)C1. The lowest BCUT2D eigenvalue weighted by molar-refractivity contribution is 0.282. The second-order valence-electron chi connectivity index (χ2n) is 8.56. The Morgan fingerprint density at radius 3 is 2.47 bits per heavy atom. The molecule has 1 saturated carbocycles. The predicted octanol–water partition coefficient (Wildman–Crippen LogP) is 4.63. The molecule has 30 heavy (non-hydrogen) atoms. The summed E-state index contributed by atoms with van der Waals surface area (Å²) in [6.07, 6.45) is 6.21. The molecular weight excluding hydrogens is 426 g/mol. The number of hydrogen-bond donors (Lipinski definition) is 0. The fraction of sp³-hybridized carbons (Fsp3) is 0.545. The van der Waals surface area contributed by atoms with E-state index in [2.05, 4.69) is 21.9 Å². The fourth-order valence-corrected chi connectivity index (χ4v) is 5.11. The summed E-state index contributed by atoms with van der Waals surface area (Å²) in [5.74, 6) is 0.394. The van der Waals surface area contributed by atoms with Crippen LogP contribution in [0.3, 0.4) is 0 Å². The van der Waals surface area contributed by atoms with Gasteiger partial charge < -0.3 is 9.80 Å². The third-order valence-electron chi connectivity index (χ3n) is 6.46. The summed E-state index contributed by atoms with van der Waals surface area (Å²) in [5.41, 5.74) is 0.747. The van der Waals surface area contributed by atoms with Crippen molar-refractivity contribution >= 4 is 28.9 Å². The summed E-state index contributed by atoms with van der Waals surface area (Å²) in [7, 11) is 2.16. The molecule has 162 valence electrons. The average molecular weight is 453 g/mol. The van der Waals surface area contributed by atoms with Gasteiger partial charge in [0.15, 0.2) is 0 Å². The van der Waals surface area contributed by atoms with Gasteiger partial charge in [-0.1, -0.05) is 23.2 Å². The van der Waals surface area contributed by atoms with Crippen molar-refractivity contribution in [3.63, 3.8) is 0 Å². The number of hydrogen-bond acceptors (Lipinski definition) is 4. The van der Waals surface area contributed by atoms with Gasteiger partial charge in [-0.25, -0.2) is 9.07 Å². The first-order valence-electron chi connectivity index (χ1n) is 10.6. The van der Waals surface area contributed by atoms with E-state index in [4.69, 9.17) is 23.2 Å². The Balaban J connectivity index is 1.49. The minimum atomic E-state index is -0.322. The van der Waals surface area contributed by atoms with Crippen molar-refractivity contribution in [1.82, 2.24) is 14.7 Å². The summed E-state index contributed by atoms with van der Waals surface area (Å²) in [4.78, 5) is 17.3. The van der Waals surface area contributed by atoms with Gasteiger partial charge in [-0.15, -0.1) is 0 Å². The van der Waals surface area contributed by atoms with Gasteiger partial charge in [-0.3, -0.25) is 4.79 Å². The Kier molecular flexibility index (Phi) is 6.66. The van der Waals surface area contributed by atoms with E-state index >= 15 is 0 Å². The van der Waals surface area contributed by atoms with Crippen molar-refractivity contribution in [2.45, 2.75) is 44.2 Å². The van der Waals surface area contributed by atoms with Crippen LogP contribution in [0.4, 0.5) is 10.1 Å². The second kappa shape index (κ2) is 9.25. The molecular formula is C22H27Cl2FN4O. The van der Waals surface area contributed by atoms with Crippen LogP contribution in [0, 0.1) is 11.7 Å². The highest BCUT2D eigenvalue weighted by atomic mass is 35.5. The van der Waals surface area contributed by atoms with Crippen molar-refractivity contribution < 1.29 is 4.39 Å². The molecule has 0 spiro atoms.